The molecule has 90 valence electrons. The van der Waals surface area contributed by atoms with E-state index in [1.54, 1.807) is 0 Å². The Bertz CT molecular complexity index is 295. The minimum absolute atomic E-state index is 0.0271. The molecule has 0 saturated carbocycles. The molecule has 3 heteroatoms. The Balaban J connectivity index is 2.38. The van der Waals surface area contributed by atoms with Crippen molar-refractivity contribution in [2.24, 2.45) is 5.73 Å². The number of aliphatic hydroxyl groups excluding tert-OH is 1. The predicted octanol–water partition coefficient (Wildman–Crippen LogP) is 1.22. The summed E-state index contributed by atoms with van der Waals surface area (Å²) in [6.07, 6.45) is 0. The molecule has 0 aliphatic rings. The first-order valence-corrected chi connectivity index (χ1v) is 5.79. The van der Waals surface area contributed by atoms with Crippen molar-refractivity contribution in [1.29, 1.82) is 0 Å². The molecule has 0 fully saturated rings. The van der Waals surface area contributed by atoms with Gasteiger partial charge < -0.3 is 16.2 Å². The van der Waals surface area contributed by atoms with E-state index in [0.29, 0.717) is 12.5 Å². The first-order valence-electron chi connectivity index (χ1n) is 5.79. The smallest absolute Gasteiger partial charge is 0.0594 e. The van der Waals surface area contributed by atoms with Gasteiger partial charge in [0.25, 0.3) is 0 Å². The van der Waals surface area contributed by atoms with Crippen molar-refractivity contribution in [3.05, 3.63) is 35.4 Å². The fourth-order valence-electron chi connectivity index (χ4n) is 1.49. The second-order valence-electron chi connectivity index (χ2n) is 4.47. The molecular weight excluding hydrogens is 200 g/mol. The Hall–Kier alpha value is -0.900. The normalized spacial score (nSPS) is 13.1. The summed E-state index contributed by atoms with van der Waals surface area (Å²) < 4.78 is 0. The summed E-state index contributed by atoms with van der Waals surface area (Å²) >= 11 is 0. The number of benzene rings is 1. The van der Waals surface area contributed by atoms with Gasteiger partial charge in [0.1, 0.15) is 0 Å². The number of nitrogens with one attached hydrogen (secondary N) is 1. The Morgan fingerprint density at radius 3 is 2.38 bits per heavy atom. The summed E-state index contributed by atoms with van der Waals surface area (Å²) in [6, 6.07) is 8.41. The van der Waals surface area contributed by atoms with E-state index < -0.39 is 0 Å². The lowest BCUT2D eigenvalue weighted by Crippen LogP contribution is -2.36. The second-order valence-corrected chi connectivity index (χ2v) is 4.47. The molecule has 0 heterocycles. The average Bonchev–Trinajstić information content (AvgIpc) is 2.29. The van der Waals surface area contributed by atoms with Gasteiger partial charge in [-0.1, -0.05) is 38.1 Å². The van der Waals surface area contributed by atoms with E-state index in [1.807, 2.05) is 0 Å². The molecule has 3 nitrogen and oxygen atoms in total. The van der Waals surface area contributed by atoms with E-state index in [-0.39, 0.29) is 12.6 Å². The highest BCUT2D eigenvalue weighted by molar-refractivity contribution is 5.24. The van der Waals surface area contributed by atoms with Gasteiger partial charge >= 0.3 is 0 Å². The lowest BCUT2D eigenvalue weighted by atomic mass is 10.0. The summed E-state index contributed by atoms with van der Waals surface area (Å²) in [5.41, 5.74) is 8.19. The summed E-state index contributed by atoms with van der Waals surface area (Å²) in [5.74, 6) is 0.574. The molecule has 0 aliphatic heterocycles. The van der Waals surface area contributed by atoms with Gasteiger partial charge in [-0.3, -0.25) is 0 Å². The van der Waals surface area contributed by atoms with Crippen LogP contribution in [0.3, 0.4) is 0 Å². The van der Waals surface area contributed by atoms with Crippen molar-refractivity contribution in [1.82, 2.24) is 5.32 Å². The highest BCUT2D eigenvalue weighted by atomic mass is 16.3. The van der Waals surface area contributed by atoms with Crippen LogP contribution in [-0.4, -0.2) is 24.3 Å². The van der Waals surface area contributed by atoms with Crippen LogP contribution < -0.4 is 11.1 Å². The predicted molar refractivity (Wildman–Crippen MR) is 67.3 cm³/mol. The first kappa shape index (κ1) is 13.2. The number of hydrogen-bond acceptors (Lipinski definition) is 3. The number of nitrogens with two attached hydrogens (primary N) is 1. The van der Waals surface area contributed by atoms with Gasteiger partial charge in [-0.15, -0.1) is 0 Å². The molecule has 4 N–H and O–H groups in total. The largest absolute Gasteiger partial charge is 0.395 e. The first-order chi connectivity index (χ1) is 7.63. The van der Waals surface area contributed by atoms with Gasteiger partial charge in [-0.05, 0) is 17.0 Å². The fraction of sp³-hybridized carbons (Fsp3) is 0.538. The van der Waals surface area contributed by atoms with Gasteiger partial charge in [0, 0.05) is 19.1 Å². The van der Waals surface area contributed by atoms with Gasteiger partial charge in [0.05, 0.1) is 6.61 Å². The highest BCUT2D eigenvalue weighted by Gasteiger charge is 2.01. The van der Waals surface area contributed by atoms with Gasteiger partial charge in [0.15, 0.2) is 0 Å². The van der Waals surface area contributed by atoms with E-state index in [0.717, 1.165) is 6.54 Å². The number of hydrogen-bond donors (Lipinski definition) is 3. The SMILES string of the molecule is CC(C)c1ccc(CNCC(N)CO)cc1. The second kappa shape index (κ2) is 6.63. The van der Waals surface area contributed by atoms with Crippen molar-refractivity contribution in [2.45, 2.75) is 32.4 Å². The molecule has 16 heavy (non-hydrogen) atoms. The molecule has 1 atom stereocenters. The van der Waals surface area contributed by atoms with Crippen molar-refractivity contribution in [3.8, 4) is 0 Å². The molecule has 0 amide bonds. The summed E-state index contributed by atoms with van der Waals surface area (Å²) in [7, 11) is 0. The van der Waals surface area contributed by atoms with Crippen molar-refractivity contribution >= 4 is 0 Å². The summed E-state index contributed by atoms with van der Waals surface area (Å²) in [6.45, 7) is 5.84. The Kier molecular flexibility index (Phi) is 5.46. The fourth-order valence-corrected chi connectivity index (χ4v) is 1.49. The van der Waals surface area contributed by atoms with E-state index in [2.05, 4.69) is 43.4 Å². The van der Waals surface area contributed by atoms with Crippen molar-refractivity contribution in [2.75, 3.05) is 13.2 Å². The molecule has 0 bridgehead atoms. The van der Waals surface area contributed by atoms with E-state index >= 15 is 0 Å². The molecule has 1 aromatic rings. The quantitative estimate of drug-likeness (QED) is 0.678. The van der Waals surface area contributed by atoms with Crippen LogP contribution in [0.1, 0.15) is 30.9 Å². The Morgan fingerprint density at radius 2 is 1.88 bits per heavy atom. The van der Waals surface area contributed by atoms with Crippen LogP contribution in [0.4, 0.5) is 0 Å². The third-order valence-electron chi connectivity index (χ3n) is 2.62. The minimum Gasteiger partial charge on any atom is -0.395 e. The maximum Gasteiger partial charge on any atom is 0.0594 e. The van der Waals surface area contributed by atoms with Crippen LogP contribution >= 0.6 is 0 Å². The minimum atomic E-state index is -0.171. The molecule has 0 aliphatic carbocycles. The van der Waals surface area contributed by atoms with Gasteiger partial charge in [-0.25, -0.2) is 0 Å². The molecule has 1 rings (SSSR count). The lowest BCUT2D eigenvalue weighted by Gasteiger charge is -2.10. The zero-order valence-electron chi connectivity index (χ0n) is 10.1. The summed E-state index contributed by atoms with van der Waals surface area (Å²) in [5, 5.41) is 12.0. The van der Waals surface area contributed by atoms with Gasteiger partial charge in [0.2, 0.25) is 0 Å². The highest BCUT2D eigenvalue weighted by Crippen LogP contribution is 2.14. The molecule has 0 spiro atoms. The van der Waals surface area contributed by atoms with Crippen LogP contribution in [0.15, 0.2) is 24.3 Å². The number of aliphatic hydroxyl groups is 1. The number of rotatable bonds is 6. The van der Waals surface area contributed by atoms with Crippen LogP contribution in [0, 0.1) is 0 Å². The zero-order valence-corrected chi connectivity index (χ0v) is 10.1. The Morgan fingerprint density at radius 1 is 1.25 bits per heavy atom. The van der Waals surface area contributed by atoms with Crippen LogP contribution in [0.2, 0.25) is 0 Å². The molecule has 1 aromatic carbocycles. The molecule has 0 aromatic heterocycles. The maximum absolute atomic E-state index is 8.76. The Labute approximate surface area is 97.7 Å². The van der Waals surface area contributed by atoms with Crippen molar-refractivity contribution < 1.29 is 5.11 Å². The molecular formula is C13H22N2O. The van der Waals surface area contributed by atoms with E-state index in [9.17, 15) is 0 Å². The zero-order chi connectivity index (χ0) is 12.0. The standard InChI is InChI=1S/C13H22N2O/c1-10(2)12-5-3-11(4-6-12)7-15-8-13(14)9-16/h3-6,10,13,15-16H,7-9,14H2,1-2H3. The third-order valence-corrected chi connectivity index (χ3v) is 2.62. The van der Waals surface area contributed by atoms with Gasteiger partial charge in [-0.2, -0.15) is 0 Å². The van der Waals surface area contributed by atoms with Crippen LogP contribution in [0.5, 0.6) is 0 Å². The van der Waals surface area contributed by atoms with E-state index in [1.165, 1.54) is 11.1 Å². The lowest BCUT2D eigenvalue weighted by molar-refractivity contribution is 0.262. The third kappa shape index (κ3) is 4.31. The maximum atomic E-state index is 8.76. The summed E-state index contributed by atoms with van der Waals surface area (Å²) in [4.78, 5) is 0. The monoisotopic (exact) mass is 222 g/mol. The molecule has 1 unspecified atom stereocenters. The molecule has 0 saturated heterocycles. The van der Waals surface area contributed by atoms with Crippen LogP contribution in [0.25, 0.3) is 0 Å². The average molecular weight is 222 g/mol. The van der Waals surface area contributed by atoms with Crippen LogP contribution in [-0.2, 0) is 6.54 Å². The molecule has 0 radical (unpaired) electrons. The van der Waals surface area contributed by atoms with E-state index in [4.69, 9.17) is 10.8 Å². The topological polar surface area (TPSA) is 58.3 Å². The van der Waals surface area contributed by atoms with Crippen molar-refractivity contribution in [3.63, 3.8) is 0 Å².